The third-order valence-corrected chi connectivity index (χ3v) is 6.09. The van der Waals surface area contributed by atoms with Crippen LogP contribution in [0, 0.1) is 0 Å². The van der Waals surface area contributed by atoms with Gasteiger partial charge in [0.25, 0.3) is 0 Å². The molecule has 3 aliphatic rings. The van der Waals surface area contributed by atoms with Crippen molar-refractivity contribution in [2.24, 2.45) is 0 Å². The maximum Gasteiger partial charge on any atom is 0.433 e. The van der Waals surface area contributed by atoms with Crippen LogP contribution in [0.5, 0.6) is 0 Å². The molecule has 3 fully saturated rings. The van der Waals surface area contributed by atoms with Gasteiger partial charge in [0.2, 0.25) is 11.9 Å². The van der Waals surface area contributed by atoms with Crippen molar-refractivity contribution in [3.8, 4) is 0 Å². The number of hydrogen-bond acceptors (Lipinski definition) is 7. The maximum atomic E-state index is 13.4. The van der Waals surface area contributed by atoms with Crippen molar-refractivity contribution >= 4 is 17.7 Å². The molecule has 0 saturated carbocycles. The SMILES string of the molecule is CC1CCN1c1nc(N2CCN(CC(=O)N3CCNCC3)CC2)cc(C(F)(F)F)n1. The van der Waals surface area contributed by atoms with Crippen molar-refractivity contribution in [1.29, 1.82) is 0 Å². The van der Waals surface area contributed by atoms with Crippen LogP contribution in [-0.2, 0) is 11.0 Å². The van der Waals surface area contributed by atoms with Crippen molar-refractivity contribution in [3.05, 3.63) is 11.8 Å². The standard InChI is InChI=1S/C19H28F3N7O/c1-14-2-5-29(14)18-24-15(19(20,21)22)12-16(25-18)27-10-8-26(9-11-27)13-17(30)28-6-3-23-4-7-28/h12,14,23H,2-11,13H2,1H3. The quantitative estimate of drug-likeness (QED) is 0.757. The van der Waals surface area contributed by atoms with Crippen LogP contribution in [0.15, 0.2) is 6.07 Å². The molecule has 1 amide bonds. The van der Waals surface area contributed by atoms with Crippen molar-refractivity contribution < 1.29 is 18.0 Å². The Bertz CT molecular complexity index is 761. The summed E-state index contributed by atoms with van der Waals surface area (Å²) >= 11 is 0. The van der Waals surface area contributed by atoms with E-state index in [4.69, 9.17) is 0 Å². The number of halogens is 3. The predicted molar refractivity (Wildman–Crippen MR) is 107 cm³/mol. The summed E-state index contributed by atoms with van der Waals surface area (Å²) in [6, 6.07) is 1.18. The molecule has 0 spiro atoms. The van der Waals surface area contributed by atoms with Gasteiger partial charge in [-0.3, -0.25) is 9.69 Å². The van der Waals surface area contributed by atoms with Gasteiger partial charge in [0, 0.05) is 71.0 Å². The molecule has 0 aliphatic carbocycles. The second-order valence-corrected chi connectivity index (χ2v) is 8.13. The Morgan fingerprint density at radius 3 is 2.37 bits per heavy atom. The number of rotatable bonds is 4. The number of aromatic nitrogens is 2. The Morgan fingerprint density at radius 1 is 1.10 bits per heavy atom. The van der Waals surface area contributed by atoms with Crippen LogP contribution in [0.2, 0.25) is 0 Å². The molecule has 0 aromatic carbocycles. The van der Waals surface area contributed by atoms with E-state index in [1.165, 1.54) is 0 Å². The number of hydrogen-bond donors (Lipinski definition) is 1. The molecule has 11 heteroatoms. The summed E-state index contributed by atoms with van der Waals surface area (Å²) in [4.78, 5) is 28.3. The first-order valence-electron chi connectivity index (χ1n) is 10.5. The summed E-state index contributed by atoms with van der Waals surface area (Å²) in [6.45, 7) is 8.31. The summed E-state index contributed by atoms with van der Waals surface area (Å²) in [5.74, 6) is 0.565. The predicted octanol–water partition coefficient (Wildman–Crippen LogP) is 0.648. The normalized spacial score (nSPS) is 23.5. The van der Waals surface area contributed by atoms with Crippen molar-refractivity contribution in [2.75, 3.05) is 75.2 Å². The van der Waals surface area contributed by atoms with Crippen LogP contribution in [-0.4, -0.2) is 97.2 Å². The number of amides is 1. The highest BCUT2D eigenvalue weighted by molar-refractivity contribution is 5.78. The van der Waals surface area contributed by atoms with E-state index in [0.29, 0.717) is 45.1 Å². The van der Waals surface area contributed by atoms with Gasteiger partial charge in [-0.05, 0) is 13.3 Å². The molecule has 0 bridgehead atoms. The average molecular weight is 427 g/mol. The van der Waals surface area contributed by atoms with Gasteiger partial charge in [-0.25, -0.2) is 4.98 Å². The number of carbonyl (C=O) groups is 1. The lowest BCUT2D eigenvalue weighted by Gasteiger charge is -2.40. The van der Waals surface area contributed by atoms with Gasteiger partial charge in [0.05, 0.1) is 6.54 Å². The third kappa shape index (κ3) is 4.61. The lowest BCUT2D eigenvalue weighted by Crippen LogP contribution is -2.53. The number of nitrogens with zero attached hydrogens (tertiary/aromatic N) is 6. The fraction of sp³-hybridized carbons (Fsp3) is 0.737. The van der Waals surface area contributed by atoms with Gasteiger partial charge in [-0.2, -0.15) is 18.2 Å². The number of carbonyl (C=O) groups excluding carboxylic acids is 1. The van der Waals surface area contributed by atoms with Crippen LogP contribution in [0.4, 0.5) is 24.9 Å². The smallest absolute Gasteiger partial charge is 0.354 e. The van der Waals surface area contributed by atoms with Crippen LogP contribution in [0.1, 0.15) is 19.0 Å². The Balaban J connectivity index is 1.41. The fourth-order valence-electron chi connectivity index (χ4n) is 4.01. The van der Waals surface area contributed by atoms with Crippen LogP contribution in [0.3, 0.4) is 0 Å². The second kappa shape index (κ2) is 8.54. The molecule has 8 nitrogen and oxygen atoms in total. The van der Waals surface area contributed by atoms with Crippen molar-refractivity contribution in [1.82, 2.24) is 25.1 Å². The number of anilines is 2. The van der Waals surface area contributed by atoms with Gasteiger partial charge in [0.15, 0.2) is 5.69 Å². The summed E-state index contributed by atoms with van der Waals surface area (Å²) in [5, 5.41) is 3.23. The largest absolute Gasteiger partial charge is 0.433 e. The Kier molecular flexibility index (Phi) is 6.01. The van der Waals surface area contributed by atoms with Crippen LogP contribution >= 0.6 is 0 Å². The van der Waals surface area contributed by atoms with E-state index in [9.17, 15) is 18.0 Å². The lowest BCUT2D eigenvalue weighted by molar-refractivity contribution is -0.141. The van der Waals surface area contributed by atoms with E-state index in [-0.39, 0.29) is 17.9 Å². The first-order valence-corrected chi connectivity index (χ1v) is 10.5. The van der Waals surface area contributed by atoms with E-state index < -0.39 is 11.9 Å². The highest BCUT2D eigenvalue weighted by Crippen LogP contribution is 2.33. The van der Waals surface area contributed by atoms with Crippen molar-refractivity contribution in [2.45, 2.75) is 25.6 Å². The molecular formula is C19H28F3N7O. The monoisotopic (exact) mass is 427 g/mol. The molecule has 0 radical (unpaired) electrons. The first kappa shape index (κ1) is 21.1. The average Bonchev–Trinajstić information content (AvgIpc) is 2.73. The molecule has 1 aromatic heterocycles. The van der Waals surface area contributed by atoms with Gasteiger partial charge >= 0.3 is 6.18 Å². The lowest BCUT2D eigenvalue weighted by atomic mass is 10.1. The Morgan fingerprint density at radius 2 is 1.80 bits per heavy atom. The van der Waals surface area contributed by atoms with E-state index in [1.54, 1.807) is 4.90 Å². The topological polar surface area (TPSA) is 67.8 Å². The fourth-order valence-corrected chi connectivity index (χ4v) is 4.01. The number of alkyl halides is 3. The van der Waals surface area contributed by atoms with E-state index in [0.717, 1.165) is 38.7 Å². The van der Waals surface area contributed by atoms with Gasteiger partial charge < -0.3 is 20.0 Å². The highest BCUT2D eigenvalue weighted by atomic mass is 19.4. The van der Waals surface area contributed by atoms with Gasteiger partial charge in [-0.15, -0.1) is 0 Å². The van der Waals surface area contributed by atoms with Gasteiger partial charge in [-0.1, -0.05) is 0 Å². The van der Waals surface area contributed by atoms with Crippen molar-refractivity contribution in [3.63, 3.8) is 0 Å². The summed E-state index contributed by atoms with van der Waals surface area (Å²) in [5.41, 5.74) is -0.905. The summed E-state index contributed by atoms with van der Waals surface area (Å²) in [7, 11) is 0. The Hall–Kier alpha value is -2.14. The molecular weight excluding hydrogens is 399 g/mol. The van der Waals surface area contributed by atoms with E-state index in [2.05, 4.69) is 20.2 Å². The zero-order chi connectivity index (χ0) is 21.3. The summed E-state index contributed by atoms with van der Waals surface area (Å²) in [6.07, 6.45) is -3.59. The molecule has 1 N–H and O–H groups in total. The third-order valence-electron chi connectivity index (χ3n) is 6.09. The molecule has 1 aromatic rings. The molecule has 3 saturated heterocycles. The minimum atomic E-state index is -4.52. The molecule has 166 valence electrons. The molecule has 3 aliphatic heterocycles. The molecule has 4 rings (SSSR count). The first-order chi connectivity index (χ1) is 14.3. The highest BCUT2D eigenvalue weighted by Gasteiger charge is 2.36. The number of piperazine rings is 2. The minimum Gasteiger partial charge on any atom is -0.354 e. The molecule has 1 unspecified atom stereocenters. The summed E-state index contributed by atoms with van der Waals surface area (Å²) < 4.78 is 40.2. The van der Waals surface area contributed by atoms with Crippen LogP contribution < -0.4 is 15.1 Å². The number of nitrogens with one attached hydrogen (secondary N) is 1. The Labute approximate surface area is 174 Å². The zero-order valence-corrected chi connectivity index (χ0v) is 17.2. The van der Waals surface area contributed by atoms with E-state index in [1.807, 2.05) is 16.7 Å². The maximum absolute atomic E-state index is 13.4. The zero-order valence-electron chi connectivity index (χ0n) is 17.2. The second-order valence-electron chi connectivity index (χ2n) is 8.13. The van der Waals surface area contributed by atoms with Gasteiger partial charge in [0.1, 0.15) is 5.82 Å². The molecule has 4 heterocycles. The molecule has 1 atom stereocenters. The minimum absolute atomic E-state index is 0.111. The van der Waals surface area contributed by atoms with Crippen LogP contribution in [0.25, 0.3) is 0 Å². The van der Waals surface area contributed by atoms with E-state index >= 15 is 0 Å². The molecule has 30 heavy (non-hydrogen) atoms.